The average molecular weight is 319 g/mol. The summed E-state index contributed by atoms with van der Waals surface area (Å²) in [5.41, 5.74) is -0.261. The summed E-state index contributed by atoms with van der Waals surface area (Å²) in [6, 6.07) is 5.97. The Morgan fingerprint density at radius 2 is 1.70 bits per heavy atom. The third-order valence-electron chi connectivity index (χ3n) is 3.65. The van der Waals surface area contributed by atoms with Crippen molar-refractivity contribution in [2.24, 2.45) is 5.41 Å². The van der Waals surface area contributed by atoms with E-state index in [1.807, 2.05) is 0 Å². The van der Waals surface area contributed by atoms with Gasteiger partial charge < -0.3 is 21.1 Å². The van der Waals surface area contributed by atoms with Crippen molar-refractivity contribution >= 4 is 29.4 Å². The maximum absolute atomic E-state index is 12.2. The molecule has 1 fully saturated rings. The van der Waals surface area contributed by atoms with Crippen molar-refractivity contribution in [2.45, 2.75) is 12.8 Å². The van der Waals surface area contributed by atoms with Crippen LogP contribution in [-0.4, -0.2) is 42.4 Å². The quantitative estimate of drug-likeness (QED) is 0.548. The number of carboxylic acid groups (broad SMARTS) is 1. The fraction of sp³-hybridized carbons (Fsp3) is 0.333. The first-order valence-electron chi connectivity index (χ1n) is 7.03. The van der Waals surface area contributed by atoms with E-state index in [0.717, 1.165) is 0 Å². The molecule has 1 aliphatic carbocycles. The van der Waals surface area contributed by atoms with Gasteiger partial charge in [-0.15, -0.1) is 0 Å². The number of carbonyl (C=O) groups excluding carboxylic acids is 3. The SMILES string of the molecule is CNC(=O)C1(C(=O)Nc2ccc(C(=O)NCC(=O)O)cc2)CC1. The summed E-state index contributed by atoms with van der Waals surface area (Å²) in [6.45, 7) is -0.466. The number of rotatable bonds is 6. The number of carboxylic acids is 1. The second-order valence-corrected chi connectivity index (χ2v) is 5.27. The second kappa shape index (κ2) is 6.47. The molecule has 23 heavy (non-hydrogen) atoms. The van der Waals surface area contributed by atoms with Crippen LogP contribution >= 0.6 is 0 Å². The largest absolute Gasteiger partial charge is 0.480 e. The highest BCUT2D eigenvalue weighted by molar-refractivity contribution is 6.13. The zero-order valence-corrected chi connectivity index (χ0v) is 12.5. The summed E-state index contributed by atoms with van der Waals surface area (Å²) in [5.74, 6) is -2.33. The highest BCUT2D eigenvalue weighted by Gasteiger charge is 2.56. The van der Waals surface area contributed by atoms with Gasteiger partial charge in [0.15, 0.2) is 0 Å². The smallest absolute Gasteiger partial charge is 0.322 e. The van der Waals surface area contributed by atoms with Gasteiger partial charge in [-0.1, -0.05) is 0 Å². The molecule has 122 valence electrons. The first-order valence-corrected chi connectivity index (χ1v) is 7.03. The molecule has 0 heterocycles. The van der Waals surface area contributed by atoms with Crippen molar-refractivity contribution in [2.75, 3.05) is 18.9 Å². The second-order valence-electron chi connectivity index (χ2n) is 5.27. The van der Waals surface area contributed by atoms with Crippen LogP contribution in [0.25, 0.3) is 0 Å². The first-order chi connectivity index (χ1) is 10.9. The van der Waals surface area contributed by atoms with Crippen molar-refractivity contribution in [3.63, 3.8) is 0 Å². The van der Waals surface area contributed by atoms with Gasteiger partial charge in [0.05, 0.1) is 0 Å². The van der Waals surface area contributed by atoms with E-state index in [-0.39, 0.29) is 17.4 Å². The van der Waals surface area contributed by atoms with Crippen molar-refractivity contribution in [3.05, 3.63) is 29.8 Å². The van der Waals surface area contributed by atoms with Crippen LogP contribution in [0.1, 0.15) is 23.2 Å². The predicted molar refractivity (Wildman–Crippen MR) is 80.8 cm³/mol. The zero-order valence-electron chi connectivity index (χ0n) is 12.5. The Bertz CT molecular complexity index is 650. The van der Waals surface area contributed by atoms with Crippen LogP contribution in [0.4, 0.5) is 5.69 Å². The molecule has 0 atom stereocenters. The lowest BCUT2D eigenvalue weighted by atomic mass is 10.1. The van der Waals surface area contributed by atoms with E-state index in [1.165, 1.54) is 31.3 Å². The van der Waals surface area contributed by atoms with E-state index in [4.69, 9.17) is 5.11 Å². The summed E-state index contributed by atoms with van der Waals surface area (Å²) in [7, 11) is 1.49. The molecule has 0 aromatic heterocycles. The molecule has 2 rings (SSSR count). The average Bonchev–Trinajstić information content (AvgIpc) is 3.34. The van der Waals surface area contributed by atoms with Gasteiger partial charge in [0, 0.05) is 18.3 Å². The summed E-state index contributed by atoms with van der Waals surface area (Å²) in [6.07, 6.45) is 1.02. The van der Waals surface area contributed by atoms with Crippen LogP contribution in [0.2, 0.25) is 0 Å². The molecular weight excluding hydrogens is 302 g/mol. The molecule has 1 aromatic rings. The zero-order chi connectivity index (χ0) is 17.0. The van der Waals surface area contributed by atoms with Gasteiger partial charge in [-0.2, -0.15) is 0 Å². The first kappa shape index (κ1) is 16.5. The normalized spacial score (nSPS) is 14.5. The standard InChI is InChI=1S/C15H17N3O5/c1-16-13(22)15(6-7-15)14(23)18-10-4-2-9(3-5-10)12(21)17-8-11(19)20/h2-5H,6-8H2,1H3,(H,16,22)(H,17,21)(H,18,23)(H,19,20). The molecule has 0 bridgehead atoms. The molecule has 4 N–H and O–H groups in total. The third kappa shape index (κ3) is 3.65. The van der Waals surface area contributed by atoms with E-state index >= 15 is 0 Å². The lowest BCUT2D eigenvalue weighted by Crippen LogP contribution is -2.38. The molecule has 1 saturated carbocycles. The Morgan fingerprint density at radius 1 is 1.09 bits per heavy atom. The Labute approximate surface area is 132 Å². The molecule has 0 spiro atoms. The van der Waals surface area contributed by atoms with Crippen molar-refractivity contribution < 1.29 is 24.3 Å². The monoisotopic (exact) mass is 319 g/mol. The van der Waals surface area contributed by atoms with E-state index in [2.05, 4.69) is 16.0 Å². The maximum atomic E-state index is 12.2. The lowest BCUT2D eigenvalue weighted by Gasteiger charge is -2.13. The summed E-state index contributed by atoms with van der Waals surface area (Å²) < 4.78 is 0. The Hall–Kier alpha value is -2.90. The van der Waals surface area contributed by atoms with Crippen LogP contribution in [-0.2, 0) is 14.4 Å². The number of amides is 3. The fourth-order valence-electron chi connectivity index (χ4n) is 2.14. The highest BCUT2D eigenvalue weighted by Crippen LogP contribution is 2.46. The molecule has 8 nitrogen and oxygen atoms in total. The van der Waals surface area contributed by atoms with Gasteiger partial charge in [0.1, 0.15) is 12.0 Å². The van der Waals surface area contributed by atoms with Crippen molar-refractivity contribution in [1.29, 1.82) is 0 Å². The summed E-state index contributed by atoms with van der Waals surface area (Å²) >= 11 is 0. The third-order valence-corrected chi connectivity index (χ3v) is 3.65. The number of anilines is 1. The lowest BCUT2D eigenvalue weighted by molar-refractivity contribution is -0.136. The van der Waals surface area contributed by atoms with E-state index < -0.39 is 23.8 Å². The van der Waals surface area contributed by atoms with Gasteiger partial charge in [-0.3, -0.25) is 19.2 Å². The van der Waals surface area contributed by atoms with Gasteiger partial charge in [0.2, 0.25) is 11.8 Å². The minimum Gasteiger partial charge on any atom is -0.480 e. The molecule has 3 amide bonds. The van der Waals surface area contributed by atoms with E-state index in [9.17, 15) is 19.2 Å². The molecule has 0 aliphatic heterocycles. The number of hydrogen-bond acceptors (Lipinski definition) is 4. The van der Waals surface area contributed by atoms with Crippen LogP contribution in [0.3, 0.4) is 0 Å². The molecular formula is C15H17N3O5. The predicted octanol–water partition coefficient (Wildman–Crippen LogP) is -0.0343. The Morgan fingerprint density at radius 3 is 2.17 bits per heavy atom. The molecule has 0 saturated heterocycles. The van der Waals surface area contributed by atoms with Crippen molar-refractivity contribution in [3.8, 4) is 0 Å². The number of aliphatic carboxylic acids is 1. The number of nitrogens with one attached hydrogen (secondary N) is 3. The summed E-state index contributed by atoms with van der Waals surface area (Å²) in [4.78, 5) is 46.0. The van der Waals surface area contributed by atoms with Crippen molar-refractivity contribution in [1.82, 2.24) is 10.6 Å². The van der Waals surface area contributed by atoms with Gasteiger partial charge in [0.25, 0.3) is 5.91 Å². The molecule has 0 radical (unpaired) electrons. The Kier molecular flexibility index (Phi) is 4.63. The van der Waals surface area contributed by atoms with Crippen LogP contribution in [0.15, 0.2) is 24.3 Å². The van der Waals surface area contributed by atoms with Gasteiger partial charge in [-0.25, -0.2) is 0 Å². The molecule has 1 aliphatic rings. The summed E-state index contributed by atoms with van der Waals surface area (Å²) in [5, 5.41) is 15.9. The van der Waals surface area contributed by atoms with Gasteiger partial charge >= 0.3 is 5.97 Å². The number of benzene rings is 1. The molecule has 1 aromatic carbocycles. The molecule has 0 unspecified atom stereocenters. The highest BCUT2D eigenvalue weighted by atomic mass is 16.4. The minimum atomic E-state index is -1.13. The maximum Gasteiger partial charge on any atom is 0.322 e. The Balaban J connectivity index is 1.98. The van der Waals surface area contributed by atoms with Crippen LogP contribution in [0, 0.1) is 5.41 Å². The van der Waals surface area contributed by atoms with E-state index in [0.29, 0.717) is 18.5 Å². The fourth-order valence-corrected chi connectivity index (χ4v) is 2.14. The van der Waals surface area contributed by atoms with Gasteiger partial charge in [-0.05, 0) is 37.1 Å². The van der Waals surface area contributed by atoms with E-state index in [1.54, 1.807) is 0 Å². The minimum absolute atomic E-state index is 0.275. The van der Waals surface area contributed by atoms with Crippen LogP contribution in [0.5, 0.6) is 0 Å². The number of hydrogen-bond donors (Lipinski definition) is 4. The topological polar surface area (TPSA) is 125 Å². The van der Waals surface area contributed by atoms with Crippen LogP contribution < -0.4 is 16.0 Å². The molecule has 8 heteroatoms. The number of carbonyl (C=O) groups is 4.